The fraction of sp³-hybridized carbons (Fsp3) is 0.357. The second kappa shape index (κ2) is 5.12. The Kier molecular flexibility index (Phi) is 3.55. The summed E-state index contributed by atoms with van der Waals surface area (Å²) in [6.07, 6.45) is 0. The van der Waals surface area contributed by atoms with Crippen molar-refractivity contribution in [2.24, 2.45) is 0 Å². The molecule has 4 nitrogen and oxygen atoms in total. The summed E-state index contributed by atoms with van der Waals surface area (Å²) in [6, 6.07) is 9.87. The van der Waals surface area contributed by atoms with Gasteiger partial charge in [-0.1, -0.05) is 26.0 Å². The highest BCUT2D eigenvalue weighted by Crippen LogP contribution is 2.18. The third kappa shape index (κ3) is 2.64. The van der Waals surface area contributed by atoms with Crippen molar-refractivity contribution in [3.63, 3.8) is 0 Å². The van der Waals surface area contributed by atoms with E-state index < -0.39 is 0 Å². The number of nitrogens with two attached hydrogens (primary N) is 1. The summed E-state index contributed by atoms with van der Waals surface area (Å²) >= 11 is 0. The molecule has 0 bridgehead atoms. The van der Waals surface area contributed by atoms with Gasteiger partial charge in [-0.2, -0.15) is 5.10 Å². The number of anilines is 1. The zero-order valence-corrected chi connectivity index (χ0v) is 11.1. The van der Waals surface area contributed by atoms with E-state index in [4.69, 9.17) is 10.5 Å². The van der Waals surface area contributed by atoms with Crippen LogP contribution in [0.1, 0.15) is 31.0 Å². The zero-order chi connectivity index (χ0) is 13.1. The van der Waals surface area contributed by atoms with Crippen LogP contribution in [0.5, 0.6) is 5.75 Å². The van der Waals surface area contributed by atoms with Gasteiger partial charge in [0.2, 0.25) is 0 Å². The Morgan fingerprint density at radius 2 is 1.94 bits per heavy atom. The first-order chi connectivity index (χ1) is 8.60. The Labute approximate surface area is 107 Å². The quantitative estimate of drug-likeness (QED) is 0.901. The molecule has 2 N–H and O–H groups in total. The molecule has 0 atom stereocenters. The maximum atomic E-state index is 5.96. The molecule has 0 saturated heterocycles. The van der Waals surface area contributed by atoms with Crippen molar-refractivity contribution in [3.8, 4) is 5.75 Å². The van der Waals surface area contributed by atoms with Crippen LogP contribution in [0.2, 0.25) is 0 Å². The number of hydrogen-bond donors (Lipinski definition) is 1. The summed E-state index contributed by atoms with van der Waals surface area (Å²) in [5.41, 5.74) is 8.14. The number of methoxy groups -OCH3 is 1. The van der Waals surface area contributed by atoms with Crippen molar-refractivity contribution in [2.45, 2.75) is 26.3 Å². The zero-order valence-electron chi connectivity index (χ0n) is 11.1. The van der Waals surface area contributed by atoms with Gasteiger partial charge in [-0.15, -0.1) is 0 Å². The summed E-state index contributed by atoms with van der Waals surface area (Å²) in [5.74, 6) is 1.95. The lowest BCUT2D eigenvalue weighted by Crippen LogP contribution is -2.06. The van der Waals surface area contributed by atoms with Crippen LogP contribution in [-0.4, -0.2) is 16.9 Å². The number of nitrogens with zero attached hydrogens (tertiary/aromatic N) is 2. The first-order valence-corrected chi connectivity index (χ1v) is 6.06. The van der Waals surface area contributed by atoms with Crippen molar-refractivity contribution in [1.82, 2.24) is 9.78 Å². The van der Waals surface area contributed by atoms with Gasteiger partial charge in [-0.05, 0) is 23.6 Å². The molecular weight excluding hydrogens is 226 g/mol. The lowest BCUT2D eigenvalue weighted by molar-refractivity contribution is 0.414. The van der Waals surface area contributed by atoms with Gasteiger partial charge in [0.1, 0.15) is 11.6 Å². The van der Waals surface area contributed by atoms with Crippen LogP contribution in [-0.2, 0) is 6.54 Å². The Hall–Kier alpha value is -1.97. The third-order valence-corrected chi connectivity index (χ3v) is 2.91. The molecule has 0 radical (unpaired) electrons. The molecule has 2 rings (SSSR count). The average molecular weight is 245 g/mol. The van der Waals surface area contributed by atoms with Crippen molar-refractivity contribution in [3.05, 3.63) is 41.6 Å². The van der Waals surface area contributed by atoms with Gasteiger partial charge in [0.15, 0.2) is 0 Å². The number of benzene rings is 1. The van der Waals surface area contributed by atoms with Crippen LogP contribution in [0.25, 0.3) is 0 Å². The molecule has 1 aromatic heterocycles. The van der Waals surface area contributed by atoms with Crippen molar-refractivity contribution in [1.29, 1.82) is 0 Å². The topological polar surface area (TPSA) is 53.1 Å². The highest BCUT2D eigenvalue weighted by atomic mass is 16.5. The Morgan fingerprint density at radius 1 is 1.28 bits per heavy atom. The van der Waals surface area contributed by atoms with Gasteiger partial charge in [0.05, 0.1) is 19.3 Å². The molecule has 0 unspecified atom stereocenters. The molecule has 4 heteroatoms. The normalized spacial score (nSPS) is 10.9. The smallest absolute Gasteiger partial charge is 0.122 e. The number of nitrogen functional groups attached to an aromatic ring is 1. The molecule has 0 spiro atoms. The Bertz CT molecular complexity index is 514. The molecule has 1 heterocycles. The van der Waals surface area contributed by atoms with E-state index >= 15 is 0 Å². The molecule has 96 valence electrons. The van der Waals surface area contributed by atoms with E-state index in [1.165, 1.54) is 0 Å². The van der Waals surface area contributed by atoms with Crippen LogP contribution in [0.15, 0.2) is 30.3 Å². The standard InChI is InChI=1S/C14H19N3O/c1-10(2)13-8-14(15)17(16-13)9-11-4-6-12(18-3)7-5-11/h4-8,10H,9,15H2,1-3H3. The van der Waals surface area contributed by atoms with Gasteiger partial charge < -0.3 is 10.5 Å². The molecular formula is C14H19N3O. The van der Waals surface area contributed by atoms with Crippen LogP contribution in [0.3, 0.4) is 0 Å². The SMILES string of the molecule is COc1ccc(Cn2nc(C(C)C)cc2N)cc1. The summed E-state index contributed by atoms with van der Waals surface area (Å²) in [4.78, 5) is 0. The highest BCUT2D eigenvalue weighted by Gasteiger charge is 2.08. The summed E-state index contributed by atoms with van der Waals surface area (Å²) in [5, 5.41) is 4.51. The number of ether oxygens (including phenoxy) is 1. The molecule has 0 aliphatic rings. The lowest BCUT2D eigenvalue weighted by Gasteiger charge is -2.05. The van der Waals surface area contributed by atoms with Gasteiger partial charge in [0.25, 0.3) is 0 Å². The fourth-order valence-corrected chi connectivity index (χ4v) is 1.76. The summed E-state index contributed by atoms with van der Waals surface area (Å²) in [7, 11) is 1.66. The Balaban J connectivity index is 2.17. The van der Waals surface area contributed by atoms with E-state index in [2.05, 4.69) is 18.9 Å². The molecule has 18 heavy (non-hydrogen) atoms. The van der Waals surface area contributed by atoms with E-state index in [0.717, 1.165) is 17.0 Å². The van der Waals surface area contributed by atoms with E-state index in [1.807, 2.05) is 35.0 Å². The molecule has 0 aliphatic carbocycles. The van der Waals surface area contributed by atoms with Crippen LogP contribution >= 0.6 is 0 Å². The van der Waals surface area contributed by atoms with E-state index in [1.54, 1.807) is 7.11 Å². The maximum Gasteiger partial charge on any atom is 0.122 e. The number of hydrogen-bond acceptors (Lipinski definition) is 3. The van der Waals surface area contributed by atoms with E-state index in [0.29, 0.717) is 18.3 Å². The van der Waals surface area contributed by atoms with Crippen molar-refractivity contribution in [2.75, 3.05) is 12.8 Å². The predicted molar refractivity (Wildman–Crippen MR) is 72.8 cm³/mol. The summed E-state index contributed by atoms with van der Waals surface area (Å²) in [6.45, 7) is 4.90. The highest BCUT2D eigenvalue weighted by molar-refractivity contribution is 5.34. The minimum absolute atomic E-state index is 0.393. The number of rotatable bonds is 4. The van der Waals surface area contributed by atoms with Crippen molar-refractivity contribution >= 4 is 5.82 Å². The third-order valence-electron chi connectivity index (χ3n) is 2.91. The van der Waals surface area contributed by atoms with Gasteiger partial charge >= 0.3 is 0 Å². The van der Waals surface area contributed by atoms with E-state index in [-0.39, 0.29) is 0 Å². The Morgan fingerprint density at radius 3 is 2.44 bits per heavy atom. The van der Waals surface area contributed by atoms with Gasteiger partial charge in [-0.3, -0.25) is 0 Å². The fourth-order valence-electron chi connectivity index (χ4n) is 1.76. The summed E-state index contributed by atoms with van der Waals surface area (Å²) < 4.78 is 6.96. The van der Waals surface area contributed by atoms with Gasteiger partial charge in [0, 0.05) is 6.07 Å². The molecule has 0 aliphatic heterocycles. The van der Waals surface area contributed by atoms with Crippen LogP contribution in [0, 0.1) is 0 Å². The van der Waals surface area contributed by atoms with E-state index in [9.17, 15) is 0 Å². The molecule has 0 amide bonds. The van der Waals surface area contributed by atoms with Crippen LogP contribution in [0.4, 0.5) is 5.82 Å². The molecule has 0 saturated carbocycles. The minimum Gasteiger partial charge on any atom is -0.497 e. The molecule has 1 aromatic carbocycles. The lowest BCUT2D eigenvalue weighted by atomic mass is 10.1. The average Bonchev–Trinajstić information content (AvgIpc) is 2.72. The second-order valence-electron chi connectivity index (χ2n) is 4.65. The second-order valence-corrected chi connectivity index (χ2v) is 4.65. The van der Waals surface area contributed by atoms with Crippen molar-refractivity contribution < 1.29 is 4.74 Å². The number of aromatic nitrogens is 2. The first kappa shape index (κ1) is 12.5. The van der Waals surface area contributed by atoms with Gasteiger partial charge in [-0.25, -0.2) is 4.68 Å². The first-order valence-electron chi connectivity index (χ1n) is 6.06. The monoisotopic (exact) mass is 245 g/mol. The minimum atomic E-state index is 0.393. The molecule has 2 aromatic rings. The largest absolute Gasteiger partial charge is 0.497 e. The molecule has 0 fully saturated rings. The maximum absolute atomic E-state index is 5.96. The van der Waals surface area contributed by atoms with Crippen LogP contribution < -0.4 is 10.5 Å². The predicted octanol–water partition coefficient (Wildman–Crippen LogP) is 2.65.